The smallest absolute Gasteiger partial charge is 0.137 e. The molecule has 0 radical (unpaired) electrons. The van der Waals surface area contributed by atoms with Crippen molar-refractivity contribution >= 4 is 12.4 Å². The molecular formula is C18H19ClN2O. The molecule has 1 heterocycles. The van der Waals surface area contributed by atoms with Crippen LogP contribution < -0.4 is 4.74 Å². The Bertz CT molecular complexity index is 710. The minimum absolute atomic E-state index is 0. The average Bonchev–Trinajstić information content (AvgIpc) is 3.04. The number of hydrogen-bond donors (Lipinski definition) is 1. The molecule has 0 saturated carbocycles. The fourth-order valence-electron chi connectivity index (χ4n) is 2.18. The summed E-state index contributed by atoms with van der Waals surface area (Å²) in [6, 6.07) is 18.2. The molecule has 0 spiro atoms. The van der Waals surface area contributed by atoms with Crippen LogP contribution in [-0.4, -0.2) is 16.6 Å². The van der Waals surface area contributed by atoms with Gasteiger partial charge < -0.3 is 9.72 Å². The van der Waals surface area contributed by atoms with E-state index in [1.54, 1.807) is 0 Å². The number of benzene rings is 2. The Morgan fingerprint density at radius 3 is 2.55 bits per heavy atom. The summed E-state index contributed by atoms with van der Waals surface area (Å²) in [7, 11) is 0. The molecule has 3 nitrogen and oxygen atoms in total. The summed E-state index contributed by atoms with van der Waals surface area (Å²) >= 11 is 0. The van der Waals surface area contributed by atoms with Crippen molar-refractivity contribution in [1.29, 1.82) is 0 Å². The molecule has 1 aromatic heterocycles. The van der Waals surface area contributed by atoms with Gasteiger partial charge in [0.15, 0.2) is 0 Å². The Morgan fingerprint density at radius 2 is 1.77 bits per heavy atom. The van der Waals surface area contributed by atoms with E-state index in [1.165, 1.54) is 0 Å². The highest BCUT2D eigenvalue weighted by atomic mass is 35.5. The van der Waals surface area contributed by atoms with Crippen LogP contribution in [0.15, 0.2) is 60.8 Å². The Labute approximate surface area is 136 Å². The molecule has 0 fully saturated rings. The number of nitrogens with one attached hydrogen (secondary N) is 1. The quantitative estimate of drug-likeness (QED) is 0.723. The second kappa shape index (κ2) is 7.66. The van der Waals surface area contributed by atoms with Gasteiger partial charge in [-0.1, -0.05) is 49.4 Å². The number of aromatic nitrogens is 2. The number of ether oxygens (including phenoxy) is 1. The molecule has 0 aliphatic rings. The lowest BCUT2D eigenvalue weighted by Crippen LogP contribution is -1.94. The zero-order valence-corrected chi connectivity index (χ0v) is 13.3. The molecule has 0 atom stereocenters. The molecule has 2 aromatic carbocycles. The molecular weight excluding hydrogens is 296 g/mol. The standard InChI is InChI=1S/C18H18N2O.ClH/c1-2-11-21-16-10-6-9-15(12-16)17-13-19-18(20-17)14-7-4-3-5-8-14;/h3-10,12-13H,2,11H2,1H3,(H,19,20);1H. The van der Waals surface area contributed by atoms with Gasteiger partial charge in [0.1, 0.15) is 11.6 Å². The van der Waals surface area contributed by atoms with Gasteiger partial charge in [-0.3, -0.25) is 0 Å². The van der Waals surface area contributed by atoms with Gasteiger partial charge in [-0.15, -0.1) is 12.4 Å². The van der Waals surface area contributed by atoms with E-state index >= 15 is 0 Å². The number of H-pyrrole nitrogens is 1. The number of halogens is 1. The van der Waals surface area contributed by atoms with E-state index in [1.807, 2.05) is 54.7 Å². The summed E-state index contributed by atoms with van der Waals surface area (Å²) < 4.78 is 5.67. The molecule has 22 heavy (non-hydrogen) atoms. The Kier molecular flexibility index (Phi) is 5.61. The van der Waals surface area contributed by atoms with E-state index in [0.29, 0.717) is 0 Å². The first-order chi connectivity index (χ1) is 10.4. The van der Waals surface area contributed by atoms with Crippen LogP contribution in [0.1, 0.15) is 13.3 Å². The minimum Gasteiger partial charge on any atom is -0.494 e. The molecule has 3 aromatic rings. The second-order valence-corrected chi connectivity index (χ2v) is 4.89. The summed E-state index contributed by atoms with van der Waals surface area (Å²) in [6.07, 6.45) is 2.87. The van der Waals surface area contributed by atoms with Crippen molar-refractivity contribution in [1.82, 2.24) is 9.97 Å². The summed E-state index contributed by atoms with van der Waals surface area (Å²) in [6.45, 7) is 2.84. The van der Waals surface area contributed by atoms with E-state index in [-0.39, 0.29) is 12.4 Å². The highest BCUT2D eigenvalue weighted by Crippen LogP contribution is 2.25. The zero-order valence-electron chi connectivity index (χ0n) is 12.5. The summed E-state index contributed by atoms with van der Waals surface area (Å²) in [5.74, 6) is 1.77. The van der Waals surface area contributed by atoms with Gasteiger partial charge in [-0.25, -0.2) is 4.98 Å². The van der Waals surface area contributed by atoms with Gasteiger partial charge in [0.05, 0.1) is 18.5 Å². The van der Waals surface area contributed by atoms with Gasteiger partial charge >= 0.3 is 0 Å². The molecule has 0 aliphatic carbocycles. The number of imidazole rings is 1. The van der Waals surface area contributed by atoms with E-state index in [0.717, 1.165) is 41.4 Å². The first kappa shape index (κ1) is 16.1. The van der Waals surface area contributed by atoms with E-state index < -0.39 is 0 Å². The molecule has 0 aliphatic heterocycles. The van der Waals surface area contributed by atoms with Crippen LogP contribution in [0.2, 0.25) is 0 Å². The van der Waals surface area contributed by atoms with Crippen molar-refractivity contribution in [3.8, 4) is 28.4 Å². The minimum atomic E-state index is 0. The topological polar surface area (TPSA) is 37.9 Å². The molecule has 0 bridgehead atoms. The highest BCUT2D eigenvalue weighted by molar-refractivity contribution is 5.85. The predicted octanol–water partition coefficient (Wildman–Crippen LogP) is 4.95. The lowest BCUT2D eigenvalue weighted by molar-refractivity contribution is 0.317. The van der Waals surface area contributed by atoms with Crippen LogP contribution >= 0.6 is 12.4 Å². The third kappa shape index (κ3) is 3.68. The maximum Gasteiger partial charge on any atom is 0.137 e. The SMILES string of the molecule is CCCOc1cccc(-c2cnc(-c3ccccc3)[nH]2)c1.Cl. The normalized spacial score (nSPS) is 10.0. The first-order valence-electron chi connectivity index (χ1n) is 7.20. The van der Waals surface area contributed by atoms with Crippen molar-refractivity contribution in [2.24, 2.45) is 0 Å². The van der Waals surface area contributed by atoms with Crippen LogP contribution in [0.25, 0.3) is 22.6 Å². The fraction of sp³-hybridized carbons (Fsp3) is 0.167. The zero-order chi connectivity index (χ0) is 14.5. The van der Waals surface area contributed by atoms with Gasteiger partial charge in [0, 0.05) is 11.1 Å². The molecule has 0 amide bonds. The molecule has 0 saturated heterocycles. The van der Waals surface area contributed by atoms with Crippen LogP contribution in [0, 0.1) is 0 Å². The molecule has 0 unspecified atom stereocenters. The lowest BCUT2D eigenvalue weighted by Gasteiger charge is -2.05. The maximum absolute atomic E-state index is 5.67. The Balaban J connectivity index is 0.00000176. The molecule has 114 valence electrons. The van der Waals surface area contributed by atoms with Crippen molar-refractivity contribution in [2.75, 3.05) is 6.61 Å². The number of hydrogen-bond acceptors (Lipinski definition) is 2. The summed E-state index contributed by atoms with van der Waals surface area (Å²) in [5, 5.41) is 0. The monoisotopic (exact) mass is 314 g/mol. The number of rotatable bonds is 5. The lowest BCUT2D eigenvalue weighted by atomic mass is 10.1. The third-order valence-electron chi connectivity index (χ3n) is 3.24. The van der Waals surface area contributed by atoms with E-state index in [2.05, 4.69) is 23.0 Å². The predicted molar refractivity (Wildman–Crippen MR) is 92.5 cm³/mol. The molecule has 4 heteroatoms. The average molecular weight is 315 g/mol. The van der Waals surface area contributed by atoms with Crippen LogP contribution in [0.4, 0.5) is 0 Å². The first-order valence-corrected chi connectivity index (χ1v) is 7.20. The summed E-state index contributed by atoms with van der Waals surface area (Å²) in [5.41, 5.74) is 3.16. The number of aromatic amines is 1. The highest BCUT2D eigenvalue weighted by Gasteiger charge is 2.06. The van der Waals surface area contributed by atoms with Crippen molar-refractivity contribution in [3.63, 3.8) is 0 Å². The number of nitrogens with zero attached hydrogens (tertiary/aromatic N) is 1. The van der Waals surface area contributed by atoms with Gasteiger partial charge in [0.2, 0.25) is 0 Å². The Hall–Kier alpha value is -2.26. The van der Waals surface area contributed by atoms with Gasteiger partial charge in [-0.2, -0.15) is 0 Å². The third-order valence-corrected chi connectivity index (χ3v) is 3.24. The van der Waals surface area contributed by atoms with Gasteiger partial charge in [-0.05, 0) is 18.6 Å². The van der Waals surface area contributed by atoms with E-state index in [4.69, 9.17) is 4.74 Å². The fourth-order valence-corrected chi connectivity index (χ4v) is 2.18. The van der Waals surface area contributed by atoms with Crippen LogP contribution in [-0.2, 0) is 0 Å². The van der Waals surface area contributed by atoms with Crippen molar-refractivity contribution in [2.45, 2.75) is 13.3 Å². The van der Waals surface area contributed by atoms with Crippen molar-refractivity contribution in [3.05, 3.63) is 60.8 Å². The largest absolute Gasteiger partial charge is 0.494 e. The van der Waals surface area contributed by atoms with Gasteiger partial charge in [0.25, 0.3) is 0 Å². The maximum atomic E-state index is 5.67. The van der Waals surface area contributed by atoms with Crippen molar-refractivity contribution < 1.29 is 4.74 Å². The molecule has 3 rings (SSSR count). The second-order valence-electron chi connectivity index (χ2n) is 4.89. The van der Waals surface area contributed by atoms with Crippen LogP contribution in [0.3, 0.4) is 0 Å². The molecule has 1 N–H and O–H groups in total. The Morgan fingerprint density at radius 1 is 1.00 bits per heavy atom. The summed E-state index contributed by atoms with van der Waals surface area (Å²) in [4.78, 5) is 7.82. The van der Waals surface area contributed by atoms with Crippen LogP contribution in [0.5, 0.6) is 5.75 Å². The van der Waals surface area contributed by atoms with E-state index in [9.17, 15) is 0 Å².